The number of carboxylic acids is 1. The molecule has 2 aromatic heterocycles. The molecular formula is C22H19N5O5. The summed E-state index contributed by atoms with van der Waals surface area (Å²) in [5.74, 6) is -3.04. The second-order valence-electron chi connectivity index (χ2n) is 7.15. The lowest BCUT2D eigenvalue weighted by atomic mass is 10.1. The van der Waals surface area contributed by atoms with Gasteiger partial charge in [-0.15, -0.1) is 5.10 Å². The number of benzene rings is 2. The number of ketones is 1. The van der Waals surface area contributed by atoms with Crippen molar-refractivity contribution < 1.29 is 24.6 Å². The Bertz CT molecular complexity index is 1290. The number of aromatic amines is 1. The van der Waals surface area contributed by atoms with Crippen LogP contribution in [0.15, 0.2) is 60.9 Å². The van der Waals surface area contributed by atoms with Crippen LogP contribution in [0.4, 0.5) is 0 Å². The molecule has 0 unspecified atom stereocenters. The van der Waals surface area contributed by atoms with Crippen LogP contribution in [0.5, 0.6) is 0 Å². The zero-order valence-electron chi connectivity index (χ0n) is 16.7. The van der Waals surface area contributed by atoms with Crippen LogP contribution in [0.2, 0.25) is 0 Å². The normalized spacial score (nSPS) is 11.9. The smallest absolute Gasteiger partial charge is 0.377 e. The molecular weight excluding hydrogens is 414 g/mol. The van der Waals surface area contributed by atoms with Crippen molar-refractivity contribution in [2.45, 2.75) is 12.5 Å². The number of aliphatic hydroxyl groups is 1. The highest BCUT2D eigenvalue weighted by molar-refractivity contribution is 6.39. The highest BCUT2D eigenvalue weighted by Crippen LogP contribution is 2.19. The van der Waals surface area contributed by atoms with Crippen molar-refractivity contribution in [1.29, 1.82) is 0 Å². The van der Waals surface area contributed by atoms with Gasteiger partial charge in [0, 0.05) is 22.7 Å². The number of amides is 1. The summed E-state index contributed by atoms with van der Waals surface area (Å²) in [6, 6.07) is 13.0. The van der Waals surface area contributed by atoms with Crippen LogP contribution in [0.1, 0.15) is 26.4 Å². The van der Waals surface area contributed by atoms with Gasteiger partial charge in [0.25, 0.3) is 11.7 Å². The number of carbonyl (C=O) groups excluding carboxylic acids is 2. The number of hydrogen-bond acceptors (Lipinski definition) is 6. The van der Waals surface area contributed by atoms with Gasteiger partial charge in [0.1, 0.15) is 0 Å². The third kappa shape index (κ3) is 4.25. The minimum Gasteiger partial charge on any atom is -0.475 e. The summed E-state index contributed by atoms with van der Waals surface area (Å²) in [6.45, 7) is -0.252. The minimum atomic E-state index is -1.54. The molecule has 4 N–H and O–H groups in total. The summed E-state index contributed by atoms with van der Waals surface area (Å²) in [5, 5.41) is 30.1. The van der Waals surface area contributed by atoms with Gasteiger partial charge in [-0.2, -0.15) is 0 Å². The molecule has 10 nitrogen and oxygen atoms in total. The van der Waals surface area contributed by atoms with E-state index in [0.717, 1.165) is 16.5 Å². The van der Waals surface area contributed by atoms with E-state index in [2.05, 4.69) is 20.6 Å². The number of rotatable bonds is 8. The molecule has 4 rings (SSSR count). The van der Waals surface area contributed by atoms with Gasteiger partial charge in [-0.1, -0.05) is 23.4 Å². The van der Waals surface area contributed by atoms with E-state index in [1.165, 1.54) is 35.1 Å². The second-order valence-corrected chi connectivity index (χ2v) is 7.15. The second kappa shape index (κ2) is 8.82. The van der Waals surface area contributed by atoms with Crippen LogP contribution in [-0.4, -0.2) is 60.5 Å². The fourth-order valence-electron chi connectivity index (χ4n) is 3.37. The van der Waals surface area contributed by atoms with Crippen molar-refractivity contribution in [3.63, 3.8) is 0 Å². The lowest BCUT2D eigenvalue weighted by Gasteiger charge is -2.15. The predicted octanol–water partition coefficient (Wildman–Crippen LogP) is 1.35. The van der Waals surface area contributed by atoms with Gasteiger partial charge in [0.05, 0.1) is 24.5 Å². The first-order valence-corrected chi connectivity index (χ1v) is 9.73. The molecule has 2 aromatic carbocycles. The number of H-pyrrole nitrogens is 1. The Labute approximate surface area is 181 Å². The van der Waals surface area contributed by atoms with E-state index in [9.17, 15) is 19.5 Å². The maximum absolute atomic E-state index is 12.6. The number of carboxylic acid groups (broad SMARTS) is 1. The third-order valence-electron chi connectivity index (χ3n) is 5.01. The summed E-state index contributed by atoms with van der Waals surface area (Å²) in [7, 11) is 0. The summed E-state index contributed by atoms with van der Waals surface area (Å²) in [5.41, 5.74) is 2.52. The van der Waals surface area contributed by atoms with Crippen molar-refractivity contribution in [3.8, 4) is 5.69 Å². The summed E-state index contributed by atoms with van der Waals surface area (Å²) in [6.07, 6.45) is 3.69. The number of nitrogens with one attached hydrogen (secondary N) is 2. The molecule has 0 aliphatic heterocycles. The number of nitrogens with zero attached hydrogens (tertiary/aromatic N) is 3. The van der Waals surface area contributed by atoms with E-state index in [1.54, 1.807) is 0 Å². The van der Waals surface area contributed by atoms with Crippen LogP contribution >= 0.6 is 0 Å². The number of aliphatic hydroxyl groups excluding tert-OH is 1. The van der Waals surface area contributed by atoms with Crippen molar-refractivity contribution in [1.82, 2.24) is 25.3 Å². The van der Waals surface area contributed by atoms with Crippen LogP contribution in [-0.2, 0) is 11.2 Å². The topological polar surface area (TPSA) is 150 Å². The van der Waals surface area contributed by atoms with Gasteiger partial charge in [-0.3, -0.25) is 9.59 Å². The number of aromatic nitrogens is 4. The SMILES string of the molecule is O=C(O)C(=O)c1ccc(-n2cc(C(=O)N[C@H](CO)Cc3c[nH]c4ccccc34)nn2)cc1. The maximum Gasteiger partial charge on any atom is 0.377 e. The van der Waals surface area contributed by atoms with Crippen molar-refractivity contribution in [2.75, 3.05) is 6.61 Å². The number of aliphatic carboxylic acids is 1. The van der Waals surface area contributed by atoms with Gasteiger partial charge in [0.15, 0.2) is 5.69 Å². The summed E-state index contributed by atoms with van der Waals surface area (Å²) in [4.78, 5) is 38.0. The zero-order chi connectivity index (χ0) is 22.7. The molecule has 162 valence electrons. The summed E-state index contributed by atoms with van der Waals surface area (Å²) >= 11 is 0. The van der Waals surface area contributed by atoms with Gasteiger partial charge >= 0.3 is 5.97 Å². The number of Topliss-reactive ketones (excluding diaryl/α,β-unsaturated/α-hetero) is 1. The first-order chi connectivity index (χ1) is 15.5. The maximum atomic E-state index is 12.6. The molecule has 2 heterocycles. The van der Waals surface area contributed by atoms with E-state index in [1.807, 2.05) is 30.5 Å². The predicted molar refractivity (Wildman–Crippen MR) is 114 cm³/mol. The van der Waals surface area contributed by atoms with Crippen LogP contribution in [0.3, 0.4) is 0 Å². The van der Waals surface area contributed by atoms with E-state index < -0.39 is 23.7 Å². The average molecular weight is 433 g/mol. The van der Waals surface area contributed by atoms with E-state index in [-0.39, 0.29) is 17.9 Å². The molecule has 1 atom stereocenters. The molecule has 0 saturated carbocycles. The Morgan fingerprint density at radius 2 is 1.84 bits per heavy atom. The fourth-order valence-corrected chi connectivity index (χ4v) is 3.37. The Morgan fingerprint density at radius 1 is 1.09 bits per heavy atom. The van der Waals surface area contributed by atoms with Gasteiger partial charge in [-0.05, 0) is 42.3 Å². The minimum absolute atomic E-state index is 0.0300. The van der Waals surface area contributed by atoms with Crippen molar-refractivity contribution in [3.05, 3.63) is 77.7 Å². The van der Waals surface area contributed by atoms with E-state index in [4.69, 9.17) is 5.11 Å². The summed E-state index contributed by atoms with van der Waals surface area (Å²) < 4.78 is 1.33. The molecule has 32 heavy (non-hydrogen) atoms. The molecule has 0 fully saturated rings. The van der Waals surface area contributed by atoms with Gasteiger partial charge in [0.2, 0.25) is 0 Å². The van der Waals surface area contributed by atoms with Crippen LogP contribution < -0.4 is 5.32 Å². The Hall–Kier alpha value is -4.31. The van der Waals surface area contributed by atoms with Crippen LogP contribution in [0, 0.1) is 0 Å². The fraction of sp³-hybridized carbons (Fsp3) is 0.136. The lowest BCUT2D eigenvalue weighted by molar-refractivity contribution is -0.131. The highest BCUT2D eigenvalue weighted by atomic mass is 16.4. The van der Waals surface area contributed by atoms with E-state index in [0.29, 0.717) is 12.1 Å². The highest BCUT2D eigenvalue weighted by Gasteiger charge is 2.19. The molecule has 10 heteroatoms. The number of hydrogen-bond donors (Lipinski definition) is 4. The largest absolute Gasteiger partial charge is 0.475 e. The van der Waals surface area contributed by atoms with Gasteiger partial charge < -0.3 is 20.5 Å². The molecule has 4 aromatic rings. The van der Waals surface area contributed by atoms with Crippen molar-refractivity contribution >= 4 is 28.6 Å². The number of para-hydroxylation sites is 1. The lowest BCUT2D eigenvalue weighted by Crippen LogP contribution is -2.39. The van der Waals surface area contributed by atoms with Crippen LogP contribution in [0.25, 0.3) is 16.6 Å². The third-order valence-corrected chi connectivity index (χ3v) is 5.01. The van der Waals surface area contributed by atoms with Gasteiger partial charge in [-0.25, -0.2) is 9.48 Å². The first-order valence-electron chi connectivity index (χ1n) is 9.73. The first kappa shape index (κ1) is 20.9. The monoisotopic (exact) mass is 433 g/mol. The average Bonchev–Trinajstić information content (AvgIpc) is 3.46. The number of fused-ring (bicyclic) bond motifs is 1. The Balaban J connectivity index is 1.44. The molecule has 0 aliphatic rings. The van der Waals surface area contributed by atoms with E-state index >= 15 is 0 Å². The molecule has 0 saturated heterocycles. The molecule has 0 radical (unpaired) electrons. The molecule has 0 bridgehead atoms. The zero-order valence-corrected chi connectivity index (χ0v) is 16.7. The Kier molecular flexibility index (Phi) is 5.77. The number of carbonyl (C=O) groups is 3. The Morgan fingerprint density at radius 3 is 2.56 bits per heavy atom. The standard InChI is InChI=1S/C22H19N5O5/c28-12-15(9-14-10-23-18-4-2-1-3-17(14)18)24-21(30)19-11-27(26-25-19)16-7-5-13(6-8-16)20(29)22(31)32/h1-8,10-11,15,23,28H,9,12H2,(H,24,30)(H,31,32)/t15-/m0/s1. The van der Waals surface area contributed by atoms with Crippen molar-refractivity contribution in [2.24, 2.45) is 0 Å². The molecule has 0 aliphatic carbocycles. The quantitative estimate of drug-likeness (QED) is 0.242. The molecule has 0 spiro atoms. The molecule has 1 amide bonds.